The van der Waals surface area contributed by atoms with Gasteiger partial charge in [-0.1, -0.05) is 33.6 Å². The molecule has 1 aromatic rings. The fourth-order valence-electron chi connectivity index (χ4n) is 2.07. The van der Waals surface area contributed by atoms with Crippen LogP contribution in [0.3, 0.4) is 0 Å². The monoisotopic (exact) mass is 281 g/mol. The van der Waals surface area contributed by atoms with Gasteiger partial charge in [0.25, 0.3) is 5.91 Å². The van der Waals surface area contributed by atoms with Gasteiger partial charge in [0.1, 0.15) is 11.8 Å². The molecule has 0 bridgehead atoms. The summed E-state index contributed by atoms with van der Waals surface area (Å²) < 4.78 is 5.50. The Bertz CT molecular complexity index is 443. The lowest BCUT2D eigenvalue weighted by atomic mass is 10.1. The molecule has 1 amide bonds. The fourth-order valence-corrected chi connectivity index (χ4v) is 2.07. The Morgan fingerprint density at radius 3 is 2.45 bits per heavy atom. The molecule has 1 rings (SSSR count). The van der Waals surface area contributed by atoms with E-state index in [0.717, 1.165) is 30.6 Å². The molecule has 0 radical (unpaired) electrons. The van der Waals surface area contributed by atoms with Crippen molar-refractivity contribution in [3.8, 4) is 0 Å². The van der Waals surface area contributed by atoms with E-state index in [9.17, 15) is 9.59 Å². The standard InChI is InChI=1S/C15H23NO4/c1-4-7-8-11(15(18)19)16-14(17)13-9-10(5-2)12(6-3)20-13/h9,11H,4-8H2,1-3H3,(H,16,17)(H,18,19). The molecule has 1 heterocycles. The zero-order chi connectivity index (χ0) is 15.1. The third-order valence-electron chi connectivity index (χ3n) is 3.27. The lowest BCUT2D eigenvalue weighted by Gasteiger charge is -2.12. The highest BCUT2D eigenvalue weighted by Gasteiger charge is 2.22. The van der Waals surface area contributed by atoms with Crippen LogP contribution in [0.4, 0.5) is 0 Å². The van der Waals surface area contributed by atoms with Gasteiger partial charge in [0.15, 0.2) is 5.76 Å². The summed E-state index contributed by atoms with van der Waals surface area (Å²) in [5.74, 6) is -0.479. The Morgan fingerprint density at radius 1 is 1.30 bits per heavy atom. The van der Waals surface area contributed by atoms with Crippen molar-refractivity contribution in [2.75, 3.05) is 0 Å². The molecule has 0 aliphatic carbocycles. The zero-order valence-electron chi connectivity index (χ0n) is 12.4. The third-order valence-corrected chi connectivity index (χ3v) is 3.27. The van der Waals surface area contributed by atoms with Crippen LogP contribution in [0, 0.1) is 0 Å². The number of aryl methyl sites for hydroxylation is 2. The number of hydrogen-bond donors (Lipinski definition) is 2. The second-order valence-electron chi connectivity index (χ2n) is 4.77. The summed E-state index contributed by atoms with van der Waals surface area (Å²) in [5, 5.41) is 11.6. The van der Waals surface area contributed by atoms with E-state index in [4.69, 9.17) is 9.52 Å². The molecular weight excluding hydrogens is 258 g/mol. The van der Waals surface area contributed by atoms with Crippen molar-refractivity contribution >= 4 is 11.9 Å². The number of nitrogens with one attached hydrogen (secondary N) is 1. The minimum atomic E-state index is -1.01. The van der Waals surface area contributed by atoms with E-state index in [-0.39, 0.29) is 5.76 Å². The number of carboxylic acid groups (broad SMARTS) is 1. The summed E-state index contributed by atoms with van der Waals surface area (Å²) in [6.07, 6.45) is 3.59. The summed E-state index contributed by atoms with van der Waals surface area (Å²) in [6.45, 7) is 5.93. The molecule has 0 saturated heterocycles. The minimum absolute atomic E-state index is 0.196. The van der Waals surface area contributed by atoms with Gasteiger partial charge in [-0.15, -0.1) is 0 Å². The summed E-state index contributed by atoms with van der Waals surface area (Å²) in [4.78, 5) is 23.2. The largest absolute Gasteiger partial charge is 0.480 e. The lowest BCUT2D eigenvalue weighted by molar-refractivity contribution is -0.139. The molecule has 5 nitrogen and oxygen atoms in total. The van der Waals surface area contributed by atoms with Gasteiger partial charge in [-0.25, -0.2) is 4.79 Å². The highest BCUT2D eigenvalue weighted by Crippen LogP contribution is 2.17. The Labute approximate surface area is 119 Å². The van der Waals surface area contributed by atoms with Gasteiger partial charge in [-0.05, 0) is 24.5 Å². The normalized spacial score (nSPS) is 12.2. The van der Waals surface area contributed by atoms with E-state index >= 15 is 0 Å². The first-order valence-corrected chi connectivity index (χ1v) is 7.18. The molecule has 0 aliphatic heterocycles. The molecule has 112 valence electrons. The summed E-state index contributed by atoms with van der Waals surface area (Å²) >= 11 is 0. The van der Waals surface area contributed by atoms with Crippen LogP contribution >= 0.6 is 0 Å². The smallest absolute Gasteiger partial charge is 0.326 e. The summed E-state index contributed by atoms with van der Waals surface area (Å²) in [7, 11) is 0. The topological polar surface area (TPSA) is 79.5 Å². The van der Waals surface area contributed by atoms with E-state index in [2.05, 4.69) is 5.32 Å². The molecule has 0 fully saturated rings. The number of amides is 1. The van der Waals surface area contributed by atoms with Crippen LogP contribution in [0.25, 0.3) is 0 Å². The highest BCUT2D eigenvalue weighted by atomic mass is 16.4. The van der Waals surface area contributed by atoms with Crippen molar-refractivity contribution in [3.05, 3.63) is 23.2 Å². The first kappa shape index (κ1) is 16.3. The van der Waals surface area contributed by atoms with Crippen molar-refractivity contribution in [3.63, 3.8) is 0 Å². The van der Waals surface area contributed by atoms with Crippen LogP contribution in [-0.4, -0.2) is 23.0 Å². The average Bonchev–Trinajstić information content (AvgIpc) is 2.86. The van der Waals surface area contributed by atoms with Crippen LogP contribution < -0.4 is 5.32 Å². The second-order valence-corrected chi connectivity index (χ2v) is 4.77. The Hall–Kier alpha value is -1.78. The Balaban J connectivity index is 2.78. The van der Waals surface area contributed by atoms with Crippen LogP contribution in [0.15, 0.2) is 10.5 Å². The van der Waals surface area contributed by atoms with Crippen molar-refractivity contribution in [2.24, 2.45) is 0 Å². The number of carbonyl (C=O) groups is 2. The van der Waals surface area contributed by atoms with Gasteiger partial charge in [0.05, 0.1) is 0 Å². The predicted molar refractivity (Wildman–Crippen MR) is 75.9 cm³/mol. The maximum Gasteiger partial charge on any atom is 0.326 e. The molecule has 1 unspecified atom stereocenters. The molecule has 0 saturated carbocycles. The van der Waals surface area contributed by atoms with E-state index in [1.807, 2.05) is 20.8 Å². The number of carbonyl (C=O) groups excluding carboxylic acids is 1. The molecule has 2 N–H and O–H groups in total. The van der Waals surface area contributed by atoms with Crippen LogP contribution in [-0.2, 0) is 17.6 Å². The molecule has 1 atom stereocenters. The predicted octanol–water partition coefficient (Wildman–Crippen LogP) is 2.78. The first-order valence-electron chi connectivity index (χ1n) is 7.18. The molecule has 20 heavy (non-hydrogen) atoms. The minimum Gasteiger partial charge on any atom is -0.480 e. The maximum atomic E-state index is 12.1. The van der Waals surface area contributed by atoms with Crippen molar-refractivity contribution in [1.29, 1.82) is 0 Å². The maximum absolute atomic E-state index is 12.1. The molecule has 1 aromatic heterocycles. The van der Waals surface area contributed by atoms with Gasteiger partial charge in [-0.3, -0.25) is 4.79 Å². The van der Waals surface area contributed by atoms with E-state index in [1.165, 1.54) is 0 Å². The zero-order valence-corrected chi connectivity index (χ0v) is 12.4. The number of carboxylic acids is 1. The number of rotatable bonds is 8. The highest BCUT2D eigenvalue weighted by molar-refractivity contribution is 5.94. The number of unbranched alkanes of at least 4 members (excludes halogenated alkanes) is 1. The fraction of sp³-hybridized carbons (Fsp3) is 0.600. The van der Waals surface area contributed by atoms with Gasteiger partial charge in [0.2, 0.25) is 0 Å². The van der Waals surface area contributed by atoms with Crippen molar-refractivity contribution in [1.82, 2.24) is 5.32 Å². The first-order chi connectivity index (χ1) is 9.53. The van der Waals surface area contributed by atoms with Gasteiger partial charge in [0, 0.05) is 6.42 Å². The SMILES string of the molecule is CCCCC(NC(=O)c1cc(CC)c(CC)o1)C(=O)O. The van der Waals surface area contributed by atoms with Crippen molar-refractivity contribution < 1.29 is 19.1 Å². The third kappa shape index (κ3) is 4.11. The van der Waals surface area contributed by atoms with Crippen LogP contribution in [0.1, 0.15) is 61.9 Å². The Morgan fingerprint density at radius 2 is 2.00 bits per heavy atom. The van der Waals surface area contributed by atoms with Crippen LogP contribution in [0.5, 0.6) is 0 Å². The van der Waals surface area contributed by atoms with Gasteiger partial charge in [-0.2, -0.15) is 0 Å². The number of aliphatic carboxylic acids is 1. The van der Waals surface area contributed by atoms with Gasteiger partial charge >= 0.3 is 5.97 Å². The van der Waals surface area contributed by atoms with E-state index < -0.39 is 17.9 Å². The van der Waals surface area contributed by atoms with E-state index in [1.54, 1.807) is 6.07 Å². The lowest BCUT2D eigenvalue weighted by Crippen LogP contribution is -2.40. The van der Waals surface area contributed by atoms with Crippen molar-refractivity contribution in [2.45, 2.75) is 58.9 Å². The molecule has 0 aliphatic rings. The molecule has 0 spiro atoms. The second kappa shape index (κ2) is 7.72. The van der Waals surface area contributed by atoms with Crippen LogP contribution in [0.2, 0.25) is 0 Å². The molecule has 0 aromatic carbocycles. The summed E-state index contributed by atoms with van der Waals surface area (Å²) in [5.41, 5.74) is 0.998. The number of hydrogen-bond acceptors (Lipinski definition) is 3. The van der Waals surface area contributed by atoms with E-state index in [0.29, 0.717) is 12.8 Å². The summed E-state index contributed by atoms with van der Waals surface area (Å²) in [6, 6.07) is 0.843. The average molecular weight is 281 g/mol. The Kier molecular flexibility index (Phi) is 6.28. The molecule has 5 heteroatoms. The quantitative estimate of drug-likeness (QED) is 0.768. The number of furan rings is 1. The van der Waals surface area contributed by atoms with Gasteiger partial charge < -0.3 is 14.8 Å². The molecular formula is C15H23NO4.